The third-order valence-corrected chi connectivity index (χ3v) is 4.68. The molecule has 0 bridgehead atoms. The minimum atomic E-state index is 0.167. The van der Waals surface area contributed by atoms with E-state index in [0.717, 1.165) is 35.5 Å². The maximum Gasteiger partial charge on any atom is 0.230 e. The molecule has 0 aliphatic heterocycles. The Morgan fingerprint density at radius 3 is 2.56 bits per heavy atom. The molecule has 1 saturated carbocycles. The van der Waals surface area contributed by atoms with Gasteiger partial charge in [0.2, 0.25) is 5.91 Å². The molecule has 1 heterocycles. The number of hydrogen-bond donors (Lipinski definition) is 0. The summed E-state index contributed by atoms with van der Waals surface area (Å²) in [4.78, 5) is 19.2. The molecular formula is C21H21N3O. The Kier molecular flexibility index (Phi) is 4.10. The fourth-order valence-electron chi connectivity index (χ4n) is 3.02. The second kappa shape index (κ2) is 6.55. The summed E-state index contributed by atoms with van der Waals surface area (Å²) in [6.07, 6.45) is 5.67. The van der Waals surface area contributed by atoms with E-state index in [4.69, 9.17) is 0 Å². The number of benzene rings is 2. The Morgan fingerprint density at radius 1 is 1.12 bits per heavy atom. The van der Waals surface area contributed by atoms with E-state index in [9.17, 15) is 4.79 Å². The average Bonchev–Trinajstić information content (AvgIpc) is 3.43. The predicted molar refractivity (Wildman–Crippen MR) is 99.0 cm³/mol. The summed E-state index contributed by atoms with van der Waals surface area (Å²) in [5, 5.41) is 0. The fourth-order valence-corrected chi connectivity index (χ4v) is 3.02. The number of hydrogen-bond acceptors (Lipinski definition) is 2. The SMILES string of the molecule is Cn1ccnc1CN(C(=O)C1CC1)c1cccc(-c2ccccc2)c1. The minimum Gasteiger partial charge on any atom is -0.337 e. The van der Waals surface area contributed by atoms with Crippen molar-refractivity contribution in [2.75, 3.05) is 4.90 Å². The van der Waals surface area contributed by atoms with Gasteiger partial charge in [-0.15, -0.1) is 0 Å². The van der Waals surface area contributed by atoms with Gasteiger partial charge in [-0.2, -0.15) is 0 Å². The molecular weight excluding hydrogens is 310 g/mol. The van der Waals surface area contributed by atoms with Crippen LogP contribution in [0.15, 0.2) is 67.0 Å². The number of anilines is 1. The molecule has 4 heteroatoms. The van der Waals surface area contributed by atoms with Crippen LogP contribution in [0.25, 0.3) is 11.1 Å². The summed E-state index contributed by atoms with van der Waals surface area (Å²) in [6.45, 7) is 0.497. The number of aromatic nitrogens is 2. The van der Waals surface area contributed by atoms with Gasteiger partial charge in [0.25, 0.3) is 0 Å². The zero-order valence-corrected chi connectivity index (χ0v) is 14.3. The molecule has 0 atom stereocenters. The fraction of sp³-hybridized carbons (Fsp3) is 0.238. The Morgan fingerprint density at radius 2 is 1.88 bits per heavy atom. The summed E-state index contributed by atoms with van der Waals surface area (Å²) >= 11 is 0. The molecule has 1 aromatic heterocycles. The summed E-state index contributed by atoms with van der Waals surface area (Å²) in [5.74, 6) is 1.26. The highest BCUT2D eigenvalue weighted by Crippen LogP contribution is 2.34. The van der Waals surface area contributed by atoms with Gasteiger partial charge in [0.15, 0.2) is 0 Å². The topological polar surface area (TPSA) is 38.1 Å². The number of carbonyl (C=O) groups is 1. The van der Waals surface area contributed by atoms with E-state index in [1.165, 1.54) is 0 Å². The lowest BCUT2D eigenvalue weighted by Gasteiger charge is -2.23. The molecule has 0 saturated heterocycles. The third kappa shape index (κ3) is 3.33. The van der Waals surface area contributed by atoms with Crippen molar-refractivity contribution in [3.63, 3.8) is 0 Å². The first-order chi connectivity index (χ1) is 12.2. The molecule has 1 fully saturated rings. The van der Waals surface area contributed by atoms with Gasteiger partial charge in [0.05, 0.1) is 6.54 Å². The number of imidazole rings is 1. The number of amides is 1. The molecule has 4 nitrogen and oxygen atoms in total. The van der Waals surface area contributed by atoms with Crippen molar-refractivity contribution >= 4 is 11.6 Å². The predicted octanol–water partition coefficient (Wildman–Crippen LogP) is 4.03. The number of nitrogens with zero attached hydrogens (tertiary/aromatic N) is 3. The highest BCUT2D eigenvalue weighted by atomic mass is 16.2. The Bertz CT molecular complexity index is 881. The number of carbonyl (C=O) groups excluding carboxylic acids is 1. The molecule has 0 spiro atoms. The molecule has 0 N–H and O–H groups in total. The molecule has 3 aromatic rings. The van der Waals surface area contributed by atoms with Crippen molar-refractivity contribution in [2.45, 2.75) is 19.4 Å². The summed E-state index contributed by atoms with van der Waals surface area (Å²) in [5.41, 5.74) is 3.20. The molecule has 1 aliphatic rings. The lowest BCUT2D eigenvalue weighted by atomic mass is 10.0. The molecule has 0 radical (unpaired) electrons. The first kappa shape index (κ1) is 15.6. The Hall–Kier alpha value is -2.88. The zero-order valence-electron chi connectivity index (χ0n) is 14.3. The maximum absolute atomic E-state index is 12.9. The van der Waals surface area contributed by atoms with Gasteiger partial charge < -0.3 is 9.47 Å². The van der Waals surface area contributed by atoms with Crippen molar-refractivity contribution in [1.29, 1.82) is 0 Å². The van der Waals surface area contributed by atoms with E-state index in [2.05, 4.69) is 29.2 Å². The Labute approximate surface area is 147 Å². The average molecular weight is 331 g/mol. The van der Waals surface area contributed by atoms with Crippen molar-refractivity contribution < 1.29 is 4.79 Å². The molecule has 25 heavy (non-hydrogen) atoms. The third-order valence-electron chi connectivity index (χ3n) is 4.68. The van der Waals surface area contributed by atoms with Crippen LogP contribution < -0.4 is 4.90 Å². The first-order valence-corrected chi connectivity index (χ1v) is 8.65. The second-order valence-corrected chi connectivity index (χ2v) is 6.57. The number of aryl methyl sites for hydroxylation is 1. The van der Waals surface area contributed by atoms with Crippen LogP contribution in [0, 0.1) is 5.92 Å². The van der Waals surface area contributed by atoms with Crippen LogP contribution in [0.2, 0.25) is 0 Å². The first-order valence-electron chi connectivity index (χ1n) is 8.65. The normalized spacial score (nSPS) is 13.6. The molecule has 2 aromatic carbocycles. The lowest BCUT2D eigenvalue weighted by molar-refractivity contribution is -0.119. The van der Waals surface area contributed by atoms with Gasteiger partial charge in [0.1, 0.15) is 5.82 Å². The van der Waals surface area contributed by atoms with Crippen LogP contribution in [0.1, 0.15) is 18.7 Å². The van der Waals surface area contributed by atoms with Crippen molar-refractivity contribution in [3.8, 4) is 11.1 Å². The van der Waals surface area contributed by atoms with Crippen LogP contribution in [-0.2, 0) is 18.4 Å². The van der Waals surface area contributed by atoms with Crippen LogP contribution in [-0.4, -0.2) is 15.5 Å². The summed E-state index contributed by atoms with van der Waals surface area (Å²) in [7, 11) is 1.96. The molecule has 0 unspecified atom stereocenters. The highest BCUT2D eigenvalue weighted by molar-refractivity contribution is 5.96. The monoisotopic (exact) mass is 331 g/mol. The van der Waals surface area contributed by atoms with E-state index in [0.29, 0.717) is 6.54 Å². The second-order valence-electron chi connectivity index (χ2n) is 6.57. The van der Waals surface area contributed by atoms with E-state index in [1.807, 2.05) is 53.0 Å². The van der Waals surface area contributed by atoms with Gasteiger partial charge in [0, 0.05) is 31.0 Å². The Balaban J connectivity index is 1.69. The van der Waals surface area contributed by atoms with Crippen LogP contribution >= 0.6 is 0 Å². The smallest absolute Gasteiger partial charge is 0.230 e. The van der Waals surface area contributed by atoms with Crippen LogP contribution in [0.3, 0.4) is 0 Å². The summed E-state index contributed by atoms with van der Waals surface area (Å²) < 4.78 is 1.97. The minimum absolute atomic E-state index is 0.167. The number of rotatable bonds is 5. The molecule has 126 valence electrons. The van der Waals surface area contributed by atoms with Crippen molar-refractivity contribution in [2.24, 2.45) is 13.0 Å². The molecule has 1 amide bonds. The zero-order chi connectivity index (χ0) is 17.2. The largest absolute Gasteiger partial charge is 0.337 e. The van der Waals surface area contributed by atoms with Gasteiger partial charge in [-0.05, 0) is 36.1 Å². The van der Waals surface area contributed by atoms with Crippen LogP contribution in [0.5, 0.6) is 0 Å². The standard InChI is InChI=1S/C21H21N3O/c1-23-13-12-22-20(23)15-24(21(25)17-10-11-17)19-9-5-8-18(14-19)16-6-3-2-4-7-16/h2-9,12-14,17H,10-11,15H2,1H3. The van der Waals surface area contributed by atoms with Crippen molar-refractivity contribution in [1.82, 2.24) is 9.55 Å². The van der Waals surface area contributed by atoms with Crippen molar-refractivity contribution in [3.05, 3.63) is 72.8 Å². The van der Waals surface area contributed by atoms with E-state index in [1.54, 1.807) is 6.20 Å². The van der Waals surface area contributed by atoms with E-state index < -0.39 is 0 Å². The quantitative estimate of drug-likeness (QED) is 0.708. The summed E-state index contributed by atoms with van der Waals surface area (Å²) in [6, 6.07) is 18.5. The highest BCUT2D eigenvalue weighted by Gasteiger charge is 2.34. The van der Waals surface area contributed by atoms with Gasteiger partial charge in [-0.1, -0.05) is 42.5 Å². The van der Waals surface area contributed by atoms with E-state index in [-0.39, 0.29) is 11.8 Å². The maximum atomic E-state index is 12.9. The van der Waals surface area contributed by atoms with Crippen LogP contribution in [0.4, 0.5) is 5.69 Å². The van der Waals surface area contributed by atoms with Gasteiger partial charge >= 0.3 is 0 Å². The molecule has 1 aliphatic carbocycles. The molecule has 4 rings (SSSR count). The lowest BCUT2D eigenvalue weighted by Crippen LogP contribution is -2.32. The van der Waals surface area contributed by atoms with Gasteiger partial charge in [-0.25, -0.2) is 4.98 Å². The van der Waals surface area contributed by atoms with E-state index >= 15 is 0 Å². The van der Waals surface area contributed by atoms with Gasteiger partial charge in [-0.3, -0.25) is 4.79 Å².